The second kappa shape index (κ2) is 11.4. The van der Waals surface area contributed by atoms with Crippen molar-refractivity contribution < 1.29 is 14.3 Å². The zero-order valence-corrected chi connectivity index (χ0v) is 18.8. The monoisotopic (exact) mass is 448 g/mol. The normalized spacial score (nSPS) is 11.4. The Morgan fingerprint density at radius 1 is 0.765 bits per heavy atom. The number of hydrogen-bond donors (Lipinski definition) is 0. The maximum atomic E-state index is 13.1. The summed E-state index contributed by atoms with van der Waals surface area (Å²) >= 11 is 0. The average molecular weight is 449 g/mol. The molecule has 168 valence electrons. The number of methoxy groups -OCH3 is 1. The highest BCUT2D eigenvalue weighted by atomic mass is 16.5. The van der Waals surface area contributed by atoms with Gasteiger partial charge in [0.25, 0.3) is 0 Å². The molecule has 4 aromatic carbocycles. The summed E-state index contributed by atoms with van der Waals surface area (Å²) in [4.78, 5) is 13.1. The molecule has 4 rings (SSSR count). The summed E-state index contributed by atoms with van der Waals surface area (Å²) in [6, 6.07) is 33.8. The van der Waals surface area contributed by atoms with Crippen molar-refractivity contribution in [1.29, 1.82) is 0 Å². The molecule has 0 fully saturated rings. The van der Waals surface area contributed by atoms with Gasteiger partial charge in [0, 0.05) is 11.1 Å². The zero-order chi connectivity index (χ0) is 23.6. The zero-order valence-electron chi connectivity index (χ0n) is 18.8. The highest BCUT2D eigenvalue weighted by Gasteiger charge is 2.16. The molecule has 0 saturated heterocycles. The molecule has 0 bridgehead atoms. The van der Waals surface area contributed by atoms with E-state index in [0.29, 0.717) is 29.2 Å². The van der Waals surface area contributed by atoms with Gasteiger partial charge in [0.05, 0.1) is 13.3 Å². The number of benzene rings is 4. The summed E-state index contributed by atoms with van der Waals surface area (Å²) in [6.45, 7) is 0.441. The Morgan fingerprint density at radius 3 is 2.03 bits per heavy atom. The molecule has 4 aromatic rings. The largest absolute Gasteiger partial charge is 0.493 e. The van der Waals surface area contributed by atoms with E-state index in [9.17, 15) is 4.79 Å². The van der Waals surface area contributed by atoms with Crippen LogP contribution in [0.5, 0.6) is 11.5 Å². The number of ketones is 1. The van der Waals surface area contributed by atoms with Gasteiger partial charge in [-0.15, -0.1) is 5.10 Å². The molecule has 0 radical (unpaired) electrons. The molecule has 0 aliphatic rings. The first-order valence-electron chi connectivity index (χ1n) is 10.9. The third-order valence-electron chi connectivity index (χ3n) is 5.09. The van der Waals surface area contributed by atoms with Gasteiger partial charge >= 0.3 is 0 Å². The van der Waals surface area contributed by atoms with Crippen LogP contribution < -0.4 is 9.47 Å². The minimum absolute atomic E-state index is 0.189. The molecule has 0 aliphatic heterocycles. The highest BCUT2D eigenvalue weighted by Crippen LogP contribution is 2.28. The van der Waals surface area contributed by atoms with Crippen LogP contribution in [0.1, 0.15) is 27.0 Å². The topological polar surface area (TPSA) is 60.2 Å². The Balaban J connectivity index is 1.55. The van der Waals surface area contributed by atoms with Gasteiger partial charge in [-0.2, -0.15) is 5.10 Å². The van der Waals surface area contributed by atoms with Gasteiger partial charge in [0.2, 0.25) is 5.78 Å². The van der Waals surface area contributed by atoms with Gasteiger partial charge < -0.3 is 9.47 Å². The summed E-state index contributed by atoms with van der Waals surface area (Å²) in [5.74, 6) is 1.04. The molecule has 5 heteroatoms. The number of hydrogen-bond acceptors (Lipinski definition) is 5. The van der Waals surface area contributed by atoms with Crippen molar-refractivity contribution in [1.82, 2.24) is 0 Å². The standard InChI is InChI=1S/C29H24N2O3/c1-33-27-19-23(17-18-26(27)34-21-22-11-5-2-6-12-22)20-30-31-28(24-13-7-3-8-14-24)29(32)25-15-9-4-10-16-25/h2-20H,21H2,1H3. The molecule has 0 amide bonds. The van der Waals surface area contributed by atoms with Crippen LogP contribution in [0.2, 0.25) is 0 Å². The van der Waals surface area contributed by atoms with Crippen LogP contribution in [0, 0.1) is 0 Å². The first-order chi connectivity index (χ1) is 16.7. The third-order valence-corrected chi connectivity index (χ3v) is 5.09. The second-order valence-corrected chi connectivity index (χ2v) is 7.44. The van der Waals surface area contributed by atoms with E-state index in [0.717, 1.165) is 11.1 Å². The van der Waals surface area contributed by atoms with Crippen LogP contribution >= 0.6 is 0 Å². The fraction of sp³-hybridized carbons (Fsp3) is 0.0690. The van der Waals surface area contributed by atoms with Crippen molar-refractivity contribution in [2.75, 3.05) is 7.11 Å². The van der Waals surface area contributed by atoms with Crippen molar-refractivity contribution in [2.24, 2.45) is 10.2 Å². The van der Waals surface area contributed by atoms with E-state index >= 15 is 0 Å². The summed E-state index contributed by atoms with van der Waals surface area (Å²) in [5.41, 5.74) is 3.38. The van der Waals surface area contributed by atoms with Gasteiger partial charge in [0.1, 0.15) is 12.3 Å². The Kier molecular flexibility index (Phi) is 7.59. The van der Waals surface area contributed by atoms with E-state index in [1.54, 1.807) is 25.5 Å². The van der Waals surface area contributed by atoms with Crippen LogP contribution in [0.3, 0.4) is 0 Å². The molecule has 0 aliphatic carbocycles. The van der Waals surface area contributed by atoms with E-state index < -0.39 is 0 Å². The smallest absolute Gasteiger partial charge is 0.213 e. The molecule has 34 heavy (non-hydrogen) atoms. The number of ether oxygens (including phenoxy) is 2. The van der Waals surface area contributed by atoms with Crippen LogP contribution in [0.4, 0.5) is 0 Å². The van der Waals surface area contributed by atoms with E-state index in [4.69, 9.17) is 9.47 Å². The summed E-state index contributed by atoms with van der Waals surface area (Å²) < 4.78 is 11.4. The second-order valence-electron chi connectivity index (χ2n) is 7.44. The van der Waals surface area contributed by atoms with Crippen LogP contribution in [-0.4, -0.2) is 24.8 Å². The molecule has 0 heterocycles. The number of Topliss-reactive ketones (excluding diaryl/α,β-unsaturated/α-hetero) is 1. The van der Waals surface area contributed by atoms with Gasteiger partial charge in [-0.05, 0) is 29.3 Å². The van der Waals surface area contributed by atoms with Crippen molar-refractivity contribution in [3.63, 3.8) is 0 Å². The molecule has 0 aromatic heterocycles. The summed E-state index contributed by atoms with van der Waals surface area (Å²) in [5, 5.41) is 8.49. The summed E-state index contributed by atoms with van der Waals surface area (Å²) in [6.07, 6.45) is 1.59. The Bertz CT molecular complexity index is 1290. The van der Waals surface area contributed by atoms with Crippen LogP contribution in [0.15, 0.2) is 119 Å². The Labute approximate surface area is 199 Å². The van der Waals surface area contributed by atoms with Crippen molar-refractivity contribution >= 4 is 17.7 Å². The predicted octanol–water partition coefficient (Wildman–Crippen LogP) is 5.98. The molecule has 0 spiro atoms. The molecule has 0 N–H and O–H groups in total. The van der Waals surface area contributed by atoms with Crippen LogP contribution in [0.25, 0.3) is 0 Å². The molecular formula is C29H24N2O3. The molecule has 0 saturated carbocycles. The molecule has 0 unspecified atom stereocenters. The highest BCUT2D eigenvalue weighted by molar-refractivity contribution is 6.51. The van der Waals surface area contributed by atoms with Crippen molar-refractivity contribution in [3.8, 4) is 11.5 Å². The lowest BCUT2D eigenvalue weighted by Gasteiger charge is -2.11. The number of carbonyl (C=O) groups excluding carboxylic acids is 1. The summed E-state index contributed by atoms with van der Waals surface area (Å²) in [7, 11) is 1.59. The van der Waals surface area contributed by atoms with E-state index in [1.165, 1.54) is 0 Å². The van der Waals surface area contributed by atoms with Crippen molar-refractivity contribution in [2.45, 2.75) is 6.61 Å². The number of carbonyl (C=O) groups is 1. The third kappa shape index (κ3) is 5.84. The van der Waals surface area contributed by atoms with E-state index in [2.05, 4.69) is 10.2 Å². The SMILES string of the molecule is COc1cc(C=NN=C(C(=O)c2ccccc2)c2ccccc2)ccc1OCc1ccccc1. The fourth-order valence-electron chi connectivity index (χ4n) is 3.33. The quantitative estimate of drug-likeness (QED) is 0.180. The average Bonchev–Trinajstić information content (AvgIpc) is 2.91. The fourth-order valence-corrected chi connectivity index (χ4v) is 3.33. The van der Waals surface area contributed by atoms with Gasteiger partial charge in [-0.1, -0.05) is 91.0 Å². The number of nitrogens with zero attached hydrogens (tertiary/aromatic N) is 2. The molecule has 0 atom stereocenters. The lowest BCUT2D eigenvalue weighted by Crippen LogP contribution is -2.15. The minimum Gasteiger partial charge on any atom is -0.493 e. The first kappa shape index (κ1) is 22.7. The maximum absolute atomic E-state index is 13.1. The van der Waals surface area contributed by atoms with Gasteiger partial charge in [0.15, 0.2) is 11.5 Å². The predicted molar refractivity (Wildman–Crippen MR) is 135 cm³/mol. The van der Waals surface area contributed by atoms with Crippen LogP contribution in [-0.2, 0) is 6.61 Å². The number of rotatable bonds is 9. The molecular weight excluding hydrogens is 424 g/mol. The van der Waals surface area contributed by atoms with E-state index in [1.807, 2.05) is 97.1 Å². The molecule has 5 nitrogen and oxygen atoms in total. The first-order valence-corrected chi connectivity index (χ1v) is 10.9. The lowest BCUT2D eigenvalue weighted by atomic mass is 10.0. The van der Waals surface area contributed by atoms with Crippen molar-refractivity contribution in [3.05, 3.63) is 131 Å². The minimum atomic E-state index is -0.189. The Hall–Kier alpha value is -4.51. The van der Waals surface area contributed by atoms with Gasteiger partial charge in [-0.3, -0.25) is 4.79 Å². The van der Waals surface area contributed by atoms with Gasteiger partial charge in [-0.25, -0.2) is 0 Å². The maximum Gasteiger partial charge on any atom is 0.213 e. The Morgan fingerprint density at radius 2 is 1.38 bits per heavy atom. The lowest BCUT2D eigenvalue weighted by molar-refractivity contribution is 0.106. The van der Waals surface area contributed by atoms with E-state index in [-0.39, 0.29) is 11.5 Å².